The van der Waals surface area contributed by atoms with E-state index in [1.165, 1.54) is 0 Å². The second-order valence-corrected chi connectivity index (χ2v) is 0. The van der Waals surface area contributed by atoms with Crippen LogP contribution < -0.4 is 0 Å². The van der Waals surface area contributed by atoms with Crippen molar-refractivity contribution in [3.63, 3.8) is 0 Å². The summed E-state index contributed by atoms with van der Waals surface area (Å²) in [4.78, 5) is 0. The fourth-order valence-electron chi connectivity index (χ4n) is 0. The van der Waals surface area contributed by atoms with Crippen LogP contribution in [0.4, 0.5) is 0 Å². The maximum atomic E-state index is 0. The first-order valence-electron chi connectivity index (χ1n) is 0. The molecule has 0 aliphatic heterocycles. The molecule has 0 bridgehead atoms. The van der Waals surface area contributed by atoms with Crippen LogP contribution in [0.1, 0.15) is 0 Å². The Bertz CT molecular complexity index is 4.00. The third kappa shape index (κ3) is 9.05. The quantitative estimate of drug-likeness (QED) is 0.400. The minimum atomic E-state index is 0. The molecule has 0 aliphatic carbocycles. The van der Waals surface area contributed by atoms with Gasteiger partial charge in [0.1, 0.15) is 0 Å². The third-order valence-corrected chi connectivity index (χ3v) is 0. The summed E-state index contributed by atoms with van der Waals surface area (Å²) in [6.07, 6.45) is 0. The van der Waals surface area contributed by atoms with Gasteiger partial charge in [-0.25, -0.2) is 0 Å². The van der Waals surface area contributed by atoms with Gasteiger partial charge in [-0.2, -0.15) is 0 Å². The van der Waals surface area contributed by atoms with E-state index in [-0.39, 0.29) is 102 Å². The van der Waals surface area contributed by atoms with Gasteiger partial charge in [0.15, 0.2) is 0 Å². The summed E-state index contributed by atoms with van der Waals surface area (Å²) in [5.74, 6) is 0. The van der Waals surface area contributed by atoms with E-state index in [4.69, 9.17) is 0 Å². The number of rotatable bonds is 0. The average molecular weight is 480 g/mol. The molecule has 0 nitrogen and oxygen atoms in total. The van der Waals surface area contributed by atoms with Crippen molar-refractivity contribution in [1.29, 1.82) is 0 Å². The third-order valence-electron chi connectivity index (χ3n) is 0. The average Bonchev–Trinajstić information content (AvgIpc) is 0. The van der Waals surface area contributed by atoms with Crippen LogP contribution in [0.3, 0.4) is 0 Å². The smallest absolute Gasteiger partial charge is 2.00 e. The fraction of sp³-hybridized carbons (Fsp3) is 0. The molecule has 0 aliphatic rings. The largest absolute Gasteiger partial charge is 2.00 e. The molecule has 0 heterocycles. The Morgan fingerprint density at radius 1 is 0.500 bits per heavy atom. The summed E-state index contributed by atoms with van der Waals surface area (Å²) in [5.41, 5.74) is 0. The van der Waals surface area contributed by atoms with Crippen LogP contribution in [-0.4, -0.2) is 47.3 Å². The molecule has 0 N–H and O–H groups in total. The van der Waals surface area contributed by atoms with Gasteiger partial charge < -0.3 is 47.3 Å². The molecule has 0 fully saturated rings. The van der Waals surface area contributed by atoms with Gasteiger partial charge >= 0.3 is 54.6 Å². The van der Waals surface area contributed by atoms with Gasteiger partial charge in [-0.1, -0.05) is 0 Å². The van der Waals surface area contributed by atoms with E-state index in [1.54, 1.807) is 0 Å². The first-order valence-corrected chi connectivity index (χ1v) is 0. The molecule has 0 aromatic heterocycles. The van der Waals surface area contributed by atoms with Crippen LogP contribution in [0.15, 0.2) is 0 Å². The monoisotopic (exact) mass is 488 g/mol. The summed E-state index contributed by atoms with van der Waals surface area (Å²) >= 11 is 0. The van der Waals surface area contributed by atoms with E-state index in [2.05, 4.69) is 0 Å². The zero-order valence-electron chi connectivity index (χ0n) is 2.23. The Kier molecular flexibility index (Phi) is 105. The molecule has 4 heavy (non-hydrogen) atoms. The molecule has 0 radical (unpaired) electrons. The van der Waals surface area contributed by atoms with Crippen LogP contribution >= 0.6 is 0 Å². The van der Waals surface area contributed by atoms with E-state index in [0.717, 1.165) is 0 Å². The summed E-state index contributed by atoms with van der Waals surface area (Å²) in [5, 5.41) is 0. The Hall–Kier alpha value is 3.42. The Balaban J connectivity index is 0. The molecule has 16 valence electrons. The predicted molar refractivity (Wildman–Crippen MR) is 11.5 cm³/mol. The molecule has 4 heteroatoms. The van der Waals surface area contributed by atoms with Crippen molar-refractivity contribution in [2.75, 3.05) is 0 Å². The zero-order valence-corrected chi connectivity index (χ0v) is 15.0. The molecular formula is Cd2Te2. The molecule has 0 spiro atoms. The van der Waals surface area contributed by atoms with Crippen molar-refractivity contribution in [3.8, 4) is 0 Å². The Morgan fingerprint density at radius 2 is 0.500 bits per heavy atom. The molecule has 0 saturated heterocycles. The minimum absolute atomic E-state index is 0. The van der Waals surface area contributed by atoms with Gasteiger partial charge in [0.25, 0.3) is 0 Å². The molecule has 0 aromatic carbocycles. The van der Waals surface area contributed by atoms with Crippen LogP contribution in [0.5, 0.6) is 0 Å². The number of hydrogen-bond acceptors (Lipinski definition) is 0. The van der Waals surface area contributed by atoms with Crippen molar-refractivity contribution >= 4 is 47.3 Å². The molecule has 0 amide bonds. The molecule has 0 unspecified atom stereocenters. The van der Waals surface area contributed by atoms with Gasteiger partial charge in [0, 0.05) is 0 Å². The summed E-state index contributed by atoms with van der Waals surface area (Å²) < 4.78 is 0. The second-order valence-electron chi connectivity index (χ2n) is 0. The minimum Gasteiger partial charge on any atom is -2.00 e. The van der Waals surface area contributed by atoms with E-state index in [1.807, 2.05) is 0 Å². The van der Waals surface area contributed by atoms with Crippen molar-refractivity contribution in [3.05, 3.63) is 0 Å². The predicted octanol–water partition coefficient (Wildman–Crippen LogP) is -0.767. The van der Waals surface area contributed by atoms with Gasteiger partial charge in [-0.05, 0) is 0 Å². The molecule has 0 saturated carbocycles. The van der Waals surface area contributed by atoms with Gasteiger partial charge in [0.05, 0.1) is 0 Å². The molecule has 0 atom stereocenters. The fourth-order valence-corrected chi connectivity index (χ4v) is 0. The van der Waals surface area contributed by atoms with Crippen LogP contribution in [0.2, 0.25) is 0 Å². The maximum Gasteiger partial charge on any atom is 2.00 e. The normalized spacial score (nSPS) is 0. The summed E-state index contributed by atoms with van der Waals surface area (Å²) in [6, 6.07) is 0. The van der Waals surface area contributed by atoms with Crippen molar-refractivity contribution in [1.82, 2.24) is 0 Å². The van der Waals surface area contributed by atoms with Crippen LogP contribution in [0.25, 0.3) is 0 Å². The van der Waals surface area contributed by atoms with Crippen LogP contribution in [0, 0.1) is 0 Å². The van der Waals surface area contributed by atoms with Crippen molar-refractivity contribution < 1.29 is 54.6 Å². The SMILES string of the molecule is [Cd+2].[Cd+2].[Te-2].[Te-2]. The Labute approximate surface area is 99.6 Å². The standard InChI is InChI=1S/2Cd.2Te/q2*+2;2*-2. The molecular weight excluding hydrogens is 480 g/mol. The summed E-state index contributed by atoms with van der Waals surface area (Å²) in [6.45, 7) is 0. The first kappa shape index (κ1) is 26.1. The summed E-state index contributed by atoms with van der Waals surface area (Å²) in [7, 11) is 0. The Morgan fingerprint density at radius 3 is 0.500 bits per heavy atom. The van der Waals surface area contributed by atoms with Crippen molar-refractivity contribution in [2.24, 2.45) is 0 Å². The van der Waals surface area contributed by atoms with Crippen molar-refractivity contribution in [2.45, 2.75) is 0 Å². The molecule has 0 rings (SSSR count). The first-order chi connectivity index (χ1) is 0. The van der Waals surface area contributed by atoms with Gasteiger partial charge in [-0.3, -0.25) is 0 Å². The van der Waals surface area contributed by atoms with Crippen LogP contribution in [-0.2, 0) is 54.6 Å². The van der Waals surface area contributed by atoms with E-state index in [9.17, 15) is 0 Å². The van der Waals surface area contributed by atoms with E-state index < -0.39 is 0 Å². The van der Waals surface area contributed by atoms with Gasteiger partial charge in [-0.15, -0.1) is 0 Å². The van der Waals surface area contributed by atoms with E-state index >= 15 is 0 Å². The van der Waals surface area contributed by atoms with E-state index in [0.29, 0.717) is 0 Å². The zero-order chi connectivity index (χ0) is 0. The maximum absolute atomic E-state index is 0. The number of hydrogen-bond donors (Lipinski definition) is 0. The topological polar surface area (TPSA) is 0 Å². The van der Waals surface area contributed by atoms with Gasteiger partial charge in [0.2, 0.25) is 0 Å². The second kappa shape index (κ2) is 16.1. The molecule has 0 aromatic rings.